The van der Waals surface area contributed by atoms with Gasteiger partial charge in [-0.3, -0.25) is 0 Å². The maximum absolute atomic E-state index is 10.5. The Morgan fingerprint density at radius 3 is 2.07 bits per heavy atom. The molecule has 3 aromatic heterocycles. The smallest absolute Gasteiger partial charge is 0.330 e. The Kier molecular flexibility index (Phi) is 26.9. The van der Waals surface area contributed by atoms with Crippen molar-refractivity contribution in [1.82, 2.24) is 19.6 Å². The van der Waals surface area contributed by atoms with E-state index in [-0.39, 0.29) is 25.9 Å². The summed E-state index contributed by atoms with van der Waals surface area (Å²) in [6, 6.07) is 11.1. The SMILES string of the molecule is C#N.CCCCCCCCCCCCCCCCCCOCC(COP(O)OCC(CCc1ccc2c(N)ncnn12)OC)OCc1cccc(C#N)n1. The molecule has 0 saturated heterocycles. The number of pyridine rings is 1. The van der Waals surface area contributed by atoms with Crippen LogP contribution in [0.2, 0.25) is 0 Å². The molecule has 54 heavy (non-hydrogen) atoms. The van der Waals surface area contributed by atoms with Crippen molar-refractivity contribution in [3.05, 3.63) is 53.7 Å². The van der Waals surface area contributed by atoms with Crippen LogP contribution in [0.25, 0.3) is 5.52 Å². The molecule has 14 heteroatoms. The topological polar surface area (TPSA) is 183 Å². The fraction of sp³-hybridized carbons (Fsp3) is 0.675. The second-order valence-corrected chi connectivity index (χ2v) is 14.4. The highest BCUT2D eigenvalue weighted by molar-refractivity contribution is 7.40. The Morgan fingerprint density at radius 2 is 1.46 bits per heavy atom. The summed E-state index contributed by atoms with van der Waals surface area (Å²) in [7, 11) is -0.558. The number of fused-ring (bicyclic) bond motifs is 1. The van der Waals surface area contributed by atoms with Crippen LogP contribution < -0.4 is 5.73 Å². The van der Waals surface area contributed by atoms with Crippen LogP contribution in [0.1, 0.15) is 133 Å². The standard InChI is InChI=1S/C39H63N6O6P.CHN/c1-3-4-5-6-7-8-9-10-11-12-13-14-15-16-17-18-26-48-29-37(49-28-34-21-19-20-33(27-40)44-34)31-51-52(46)50-30-36(47-2)24-22-35-23-25-38-39(41)42-32-43-45(35)38;1-2/h19-21,23,25,32,36-37,46H,3-18,22,24,26,28-31H2,1-2H3,(H2,41,42,43);1H. The summed E-state index contributed by atoms with van der Waals surface area (Å²) in [5.74, 6) is 0.427. The van der Waals surface area contributed by atoms with Crippen LogP contribution in [-0.2, 0) is 36.3 Å². The molecule has 0 aromatic carbocycles. The fourth-order valence-electron chi connectivity index (χ4n) is 6.04. The first kappa shape index (κ1) is 46.9. The van der Waals surface area contributed by atoms with Gasteiger partial charge in [-0.25, -0.2) is 19.7 Å². The van der Waals surface area contributed by atoms with E-state index in [0.717, 1.165) is 24.1 Å². The minimum atomic E-state index is -2.17. The lowest BCUT2D eigenvalue weighted by Gasteiger charge is -2.21. The Labute approximate surface area is 324 Å². The minimum Gasteiger partial charge on any atom is -0.382 e. The normalized spacial score (nSPS) is 12.9. The molecule has 0 spiro atoms. The van der Waals surface area contributed by atoms with Crippen LogP contribution in [0.3, 0.4) is 0 Å². The summed E-state index contributed by atoms with van der Waals surface area (Å²) in [6.07, 6.45) is 23.2. The van der Waals surface area contributed by atoms with Gasteiger partial charge in [0.15, 0.2) is 5.82 Å². The number of aromatic nitrogens is 4. The first-order valence-corrected chi connectivity index (χ1v) is 20.8. The summed E-state index contributed by atoms with van der Waals surface area (Å²) in [6.45, 7) is 7.14. The lowest BCUT2D eigenvalue weighted by Crippen LogP contribution is -2.26. The van der Waals surface area contributed by atoms with E-state index in [1.54, 1.807) is 23.8 Å². The third-order valence-electron chi connectivity index (χ3n) is 9.19. The van der Waals surface area contributed by atoms with Gasteiger partial charge in [-0.2, -0.15) is 10.4 Å². The van der Waals surface area contributed by atoms with Gasteiger partial charge in [0, 0.05) is 26.0 Å². The van der Waals surface area contributed by atoms with Crippen LogP contribution in [0.15, 0.2) is 36.7 Å². The van der Waals surface area contributed by atoms with Gasteiger partial charge in [-0.05, 0) is 43.5 Å². The third kappa shape index (κ3) is 20.4. The number of rotatable bonds is 32. The van der Waals surface area contributed by atoms with Crippen LogP contribution >= 0.6 is 8.60 Å². The van der Waals surface area contributed by atoms with Gasteiger partial charge in [0.05, 0.1) is 38.2 Å². The van der Waals surface area contributed by atoms with E-state index in [1.807, 2.05) is 18.2 Å². The number of anilines is 1. The van der Waals surface area contributed by atoms with Gasteiger partial charge in [-0.1, -0.05) is 109 Å². The second kappa shape index (κ2) is 31.0. The highest BCUT2D eigenvalue weighted by Gasteiger charge is 2.18. The van der Waals surface area contributed by atoms with E-state index in [2.05, 4.69) is 34.6 Å². The number of nitrogens with two attached hydrogens (primary N) is 1. The van der Waals surface area contributed by atoms with Gasteiger partial charge >= 0.3 is 8.60 Å². The van der Waals surface area contributed by atoms with Crippen LogP contribution in [0, 0.1) is 23.2 Å². The number of hydrogen-bond donors (Lipinski definition) is 2. The van der Waals surface area contributed by atoms with Crippen LogP contribution in [-0.4, -0.2) is 70.2 Å². The van der Waals surface area contributed by atoms with Gasteiger partial charge in [0.25, 0.3) is 0 Å². The zero-order valence-electron chi connectivity index (χ0n) is 32.7. The van der Waals surface area contributed by atoms with Gasteiger partial charge < -0.3 is 33.9 Å². The monoisotopic (exact) mass is 769 g/mol. The Balaban J connectivity index is 0.00000495. The van der Waals surface area contributed by atoms with E-state index in [9.17, 15) is 10.2 Å². The van der Waals surface area contributed by atoms with Crippen molar-refractivity contribution in [3.8, 4) is 12.6 Å². The van der Waals surface area contributed by atoms with Crippen LogP contribution in [0.5, 0.6) is 0 Å². The number of methoxy groups -OCH3 is 1. The Bertz CT molecular complexity index is 1440. The summed E-state index contributed by atoms with van der Waals surface area (Å²) < 4.78 is 30.7. The zero-order valence-corrected chi connectivity index (χ0v) is 33.6. The van der Waals surface area contributed by atoms with E-state index < -0.39 is 14.7 Å². The molecule has 0 aliphatic carbocycles. The molecule has 3 aromatic rings. The number of ether oxygens (including phenoxy) is 3. The van der Waals surface area contributed by atoms with E-state index in [1.165, 1.54) is 96.2 Å². The quantitative estimate of drug-likeness (QED) is 0.0455. The van der Waals surface area contributed by atoms with Gasteiger partial charge in [-0.15, -0.1) is 0 Å². The number of hydrogen-bond acceptors (Lipinski definition) is 12. The van der Waals surface area contributed by atoms with Crippen molar-refractivity contribution in [1.29, 1.82) is 10.5 Å². The van der Waals surface area contributed by atoms with Crippen molar-refractivity contribution < 1.29 is 28.2 Å². The summed E-state index contributed by atoms with van der Waals surface area (Å²) in [5, 5.41) is 20.0. The van der Waals surface area contributed by atoms with Crippen molar-refractivity contribution in [3.63, 3.8) is 0 Å². The first-order valence-electron chi connectivity index (χ1n) is 19.7. The average Bonchev–Trinajstić information content (AvgIpc) is 3.63. The molecule has 0 bridgehead atoms. The molecule has 0 radical (unpaired) electrons. The lowest BCUT2D eigenvalue weighted by molar-refractivity contribution is -0.0497. The molecule has 0 aliphatic rings. The molecule has 300 valence electrons. The summed E-state index contributed by atoms with van der Waals surface area (Å²) in [5.41, 5.74) is 8.65. The maximum atomic E-state index is 10.5. The predicted molar refractivity (Wildman–Crippen MR) is 212 cm³/mol. The van der Waals surface area contributed by atoms with Gasteiger partial charge in [0.2, 0.25) is 0 Å². The number of nitrogens with zero attached hydrogens (tertiary/aromatic N) is 6. The van der Waals surface area contributed by atoms with Crippen molar-refractivity contribution in [2.45, 2.75) is 141 Å². The minimum absolute atomic E-state index is 0.0774. The number of aryl methyl sites for hydroxylation is 1. The summed E-state index contributed by atoms with van der Waals surface area (Å²) in [4.78, 5) is 18.9. The predicted octanol–water partition coefficient (Wildman–Crippen LogP) is 8.78. The zero-order chi connectivity index (χ0) is 39.1. The second-order valence-electron chi connectivity index (χ2n) is 13.4. The highest BCUT2D eigenvalue weighted by atomic mass is 31.2. The molecule has 3 N–H and O–H groups in total. The van der Waals surface area contributed by atoms with E-state index >= 15 is 0 Å². The molecular formula is C40H64N7O6P. The molecule has 3 rings (SSSR count). The van der Waals surface area contributed by atoms with Crippen molar-refractivity contribution in [2.24, 2.45) is 0 Å². The fourth-order valence-corrected chi connectivity index (χ4v) is 6.70. The third-order valence-corrected chi connectivity index (χ3v) is 9.93. The Hall–Kier alpha value is -3.26. The number of nitriles is 2. The molecular weight excluding hydrogens is 705 g/mol. The first-order chi connectivity index (χ1) is 26.5. The average molecular weight is 770 g/mol. The highest BCUT2D eigenvalue weighted by Crippen LogP contribution is 2.33. The molecule has 3 heterocycles. The molecule has 0 saturated carbocycles. The van der Waals surface area contributed by atoms with E-state index in [0.29, 0.717) is 43.3 Å². The lowest BCUT2D eigenvalue weighted by atomic mass is 10.0. The van der Waals surface area contributed by atoms with Crippen molar-refractivity contribution in [2.75, 3.05) is 39.3 Å². The molecule has 3 unspecified atom stereocenters. The molecule has 0 amide bonds. The largest absolute Gasteiger partial charge is 0.382 e. The molecule has 3 atom stereocenters. The van der Waals surface area contributed by atoms with Gasteiger partial charge in [0.1, 0.15) is 29.7 Å². The number of unbranched alkanes of at least 4 members (excludes halogenated alkanes) is 15. The molecule has 13 nitrogen and oxygen atoms in total. The maximum Gasteiger partial charge on any atom is 0.330 e. The van der Waals surface area contributed by atoms with E-state index in [4.69, 9.17) is 34.3 Å². The molecule has 0 fully saturated rings. The summed E-state index contributed by atoms with van der Waals surface area (Å²) >= 11 is 0. The van der Waals surface area contributed by atoms with Crippen molar-refractivity contribution >= 4 is 19.9 Å². The van der Waals surface area contributed by atoms with Crippen LogP contribution in [0.4, 0.5) is 5.82 Å². The number of nitrogen functional groups attached to an aromatic ring is 1. The molecule has 0 aliphatic heterocycles. The Morgan fingerprint density at radius 1 is 0.852 bits per heavy atom.